The van der Waals surface area contributed by atoms with Gasteiger partial charge in [0.1, 0.15) is 0 Å². The number of nitrogens with zero attached hydrogens (tertiary/aromatic N) is 1. The Balaban J connectivity index is 1.86. The first-order valence-electron chi connectivity index (χ1n) is 7.24. The Morgan fingerprint density at radius 1 is 0.913 bits per heavy atom. The third-order valence-corrected chi connectivity index (χ3v) is 6.41. The molecule has 0 fully saturated rings. The summed E-state index contributed by atoms with van der Waals surface area (Å²) < 4.78 is 26.9. The Morgan fingerprint density at radius 2 is 1.61 bits per heavy atom. The van der Waals surface area contributed by atoms with Crippen LogP contribution < -0.4 is 0 Å². The molecule has 0 amide bonds. The SMILES string of the molecule is Cc1ccc(S(=O)(=O)n2cccc2SCc2ccccc2)cc1. The van der Waals surface area contributed by atoms with E-state index in [0.717, 1.165) is 21.9 Å². The molecule has 0 saturated carbocycles. The average Bonchev–Trinajstić information content (AvgIpc) is 3.04. The summed E-state index contributed by atoms with van der Waals surface area (Å²) >= 11 is 1.52. The maximum absolute atomic E-state index is 12.8. The monoisotopic (exact) mass is 343 g/mol. The van der Waals surface area contributed by atoms with E-state index in [-0.39, 0.29) is 0 Å². The second kappa shape index (κ2) is 6.64. The predicted molar refractivity (Wildman–Crippen MR) is 94.2 cm³/mol. The predicted octanol–water partition coefficient (Wildman–Crippen LogP) is 4.33. The fourth-order valence-electron chi connectivity index (χ4n) is 2.22. The quantitative estimate of drug-likeness (QED) is 0.648. The topological polar surface area (TPSA) is 39.1 Å². The zero-order valence-corrected chi connectivity index (χ0v) is 14.3. The van der Waals surface area contributed by atoms with Crippen molar-refractivity contribution >= 4 is 21.8 Å². The average molecular weight is 343 g/mol. The minimum absolute atomic E-state index is 0.306. The van der Waals surface area contributed by atoms with Crippen LogP contribution in [0.15, 0.2) is 82.8 Å². The molecule has 0 saturated heterocycles. The van der Waals surface area contributed by atoms with Crippen LogP contribution in [0.1, 0.15) is 11.1 Å². The van der Waals surface area contributed by atoms with Gasteiger partial charge in [-0.05, 0) is 36.8 Å². The van der Waals surface area contributed by atoms with Crippen molar-refractivity contribution in [2.75, 3.05) is 0 Å². The van der Waals surface area contributed by atoms with Gasteiger partial charge in [0.25, 0.3) is 10.0 Å². The first kappa shape index (κ1) is 15.9. The van der Waals surface area contributed by atoms with Crippen LogP contribution >= 0.6 is 11.8 Å². The fraction of sp³-hybridized carbons (Fsp3) is 0.111. The van der Waals surface area contributed by atoms with E-state index in [1.165, 1.54) is 15.7 Å². The van der Waals surface area contributed by atoms with Gasteiger partial charge in [-0.3, -0.25) is 0 Å². The van der Waals surface area contributed by atoms with Gasteiger partial charge in [0.05, 0.1) is 9.92 Å². The summed E-state index contributed by atoms with van der Waals surface area (Å²) in [7, 11) is -3.55. The molecule has 0 atom stereocenters. The van der Waals surface area contributed by atoms with E-state index in [4.69, 9.17) is 0 Å². The highest BCUT2D eigenvalue weighted by Crippen LogP contribution is 2.27. The van der Waals surface area contributed by atoms with Crippen molar-refractivity contribution in [1.82, 2.24) is 3.97 Å². The molecule has 23 heavy (non-hydrogen) atoms. The molecular weight excluding hydrogens is 326 g/mol. The molecule has 0 aliphatic rings. The molecule has 0 radical (unpaired) electrons. The first-order chi connectivity index (χ1) is 11.1. The van der Waals surface area contributed by atoms with Gasteiger partial charge in [0, 0.05) is 11.9 Å². The maximum Gasteiger partial charge on any atom is 0.268 e. The number of hydrogen-bond acceptors (Lipinski definition) is 3. The van der Waals surface area contributed by atoms with Crippen LogP contribution in [-0.4, -0.2) is 12.4 Å². The van der Waals surface area contributed by atoms with Crippen LogP contribution in [0.4, 0.5) is 0 Å². The van der Waals surface area contributed by atoms with Crippen molar-refractivity contribution < 1.29 is 8.42 Å². The Hall–Kier alpha value is -1.98. The molecule has 0 spiro atoms. The molecule has 2 aromatic carbocycles. The van der Waals surface area contributed by atoms with Crippen molar-refractivity contribution in [3.8, 4) is 0 Å². The second-order valence-electron chi connectivity index (χ2n) is 5.23. The van der Waals surface area contributed by atoms with Crippen molar-refractivity contribution in [3.63, 3.8) is 0 Å². The molecule has 1 aromatic heterocycles. The van der Waals surface area contributed by atoms with Gasteiger partial charge in [0.15, 0.2) is 0 Å². The molecule has 1 heterocycles. The van der Waals surface area contributed by atoms with E-state index in [2.05, 4.69) is 0 Å². The molecule has 0 unspecified atom stereocenters. The van der Waals surface area contributed by atoms with Crippen LogP contribution in [0.5, 0.6) is 0 Å². The summed E-state index contributed by atoms with van der Waals surface area (Å²) in [6.45, 7) is 1.94. The highest BCUT2D eigenvalue weighted by atomic mass is 32.2. The van der Waals surface area contributed by atoms with E-state index < -0.39 is 10.0 Å². The van der Waals surface area contributed by atoms with Crippen LogP contribution in [0.2, 0.25) is 0 Å². The molecule has 118 valence electrons. The maximum atomic E-state index is 12.8. The lowest BCUT2D eigenvalue weighted by Gasteiger charge is -2.10. The van der Waals surface area contributed by atoms with Crippen molar-refractivity contribution in [3.05, 3.63) is 84.1 Å². The van der Waals surface area contributed by atoms with Crippen molar-refractivity contribution in [2.24, 2.45) is 0 Å². The highest BCUT2D eigenvalue weighted by Gasteiger charge is 2.19. The van der Waals surface area contributed by atoms with Gasteiger partial charge in [-0.2, -0.15) is 0 Å². The Bertz CT molecular complexity index is 882. The summed E-state index contributed by atoms with van der Waals surface area (Å²) in [5, 5.41) is 0.717. The molecule has 3 aromatic rings. The van der Waals surface area contributed by atoms with Crippen LogP contribution in [0.25, 0.3) is 0 Å². The van der Waals surface area contributed by atoms with Gasteiger partial charge in [0.2, 0.25) is 0 Å². The number of benzene rings is 2. The minimum atomic E-state index is -3.55. The van der Waals surface area contributed by atoms with Gasteiger partial charge >= 0.3 is 0 Å². The zero-order chi connectivity index (χ0) is 16.3. The lowest BCUT2D eigenvalue weighted by molar-refractivity contribution is 0.583. The summed E-state index contributed by atoms with van der Waals surface area (Å²) in [5.74, 6) is 0.730. The minimum Gasteiger partial charge on any atom is -0.236 e. The standard InChI is InChI=1S/C18H17NO2S2/c1-15-9-11-17(12-10-15)23(20,21)19-13-5-8-18(19)22-14-16-6-3-2-4-7-16/h2-13H,14H2,1H3. The molecule has 3 nitrogen and oxygen atoms in total. The highest BCUT2D eigenvalue weighted by molar-refractivity contribution is 7.99. The van der Waals surface area contributed by atoms with E-state index in [0.29, 0.717) is 4.90 Å². The van der Waals surface area contributed by atoms with Crippen LogP contribution in [-0.2, 0) is 15.8 Å². The number of aromatic nitrogens is 1. The normalized spacial score (nSPS) is 11.5. The smallest absolute Gasteiger partial charge is 0.236 e. The molecule has 5 heteroatoms. The number of rotatable bonds is 5. The van der Waals surface area contributed by atoms with E-state index in [9.17, 15) is 8.42 Å². The van der Waals surface area contributed by atoms with Crippen molar-refractivity contribution in [1.29, 1.82) is 0 Å². The van der Waals surface area contributed by atoms with Crippen LogP contribution in [0, 0.1) is 6.92 Å². The summed E-state index contributed by atoms with van der Waals surface area (Å²) in [4.78, 5) is 0.306. The van der Waals surface area contributed by atoms with Gasteiger partial charge in [-0.25, -0.2) is 12.4 Å². The first-order valence-corrected chi connectivity index (χ1v) is 9.66. The van der Waals surface area contributed by atoms with E-state index in [1.807, 2.05) is 55.5 Å². The van der Waals surface area contributed by atoms with Gasteiger partial charge in [-0.15, -0.1) is 11.8 Å². The Labute approximate surface area is 141 Å². The second-order valence-corrected chi connectivity index (χ2v) is 8.05. The third-order valence-electron chi connectivity index (χ3n) is 3.48. The number of hydrogen-bond donors (Lipinski definition) is 0. The molecule has 0 aliphatic heterocycles. The van der Waals surface area contributed by atoms with Crippen LogP contribution in [0.3, 0.4) is 0 Å². The number of aryl methyl sites for hydroxylation is 1. The van der Waals surface area contributed by atoms with E-state index in [1.54, 1.807) is 24.4 Å². The van der Waals surface area contributed by atoms with Gasteiger partial charge < -0.3 is 0 Å². The van der Waals surface area contributed by atoms with Crippen molar-refractivity contribution in [2.45, 2.75) is 22.6 Å². The molecule has 0 N–H and O–H groups in total. The Morgan fingerprint density at radius 3 is 2.30 bits per heavy atom. The summed E-state index contributed by atoms with van der Waals surface area (Å²) in [6, 6.07) is 20.5. The lowest BCUT2D eigenvalue weighted by Crippen LogP contribution is -2.12. The fourth-order valence-corrected chi connectivity index (χ4v) is 4.77. The largest absolute Gasteiger partial charge is 0.268 e. The molecular formula is C18H17NO2S2. The molecule has 0 aliphatic carbocycles. The van der Waals surface area contributed by atoms with Gasteiger partial charge in [-0.1, -0.05) is 48.0 Å². The Kier molecular flexibility index (Phi) is 4.59. The lowest BCUT2D eigenvalue weighted by atomic mass is 10.2. The third kappa shape index (κ3) is 3.51. The zero-order valence-electron chi connectivity index (χ0n) is 12.7. The van der Waals surface area contributed by atoms with E-state index >= 15 is 0 Å². The summed E-state index contributed by atoms with van der Waals surface area (Å²) in [5.41, 5.74) is 2.20. The molecule has 0 bridgehead atoms. The number of thioether (sulfide) groups is 1. The molecule has 3 rings (SSSR count). The summed E-state index contributed by atoms with van der Waals surface area (Å²) in [6.07, 6.45) is 1.60.